The van der Waals surface area contributed by atoms with E-state index in [1.54, 1.807) is 23.2 Å². The van der Waals surface area contributed by atoms with Gasteiger partial charge in [0.25, 0.3) is 0 Å². The zero-order valence-corrected chi connectivity index (χ0v) is 18.3. The van der Waals surface area contributed by atoms with E-state index in [2.05, 4.69) is 39.2 Å². The molecule has 4 heterocycles. The Morgan fingerprint density at radius 2 is 1.88 bits per heavy atom. The van der Waals surface area contributed by atoms with Gasteiger partial charge >= 0.3 is 0 Å². The van der Waals surface area contributed by atoms with Gasteiger partial charge in [-0.25, -0.2) is 0 Å². The number of furan rings is 1. The Balaban J connectivity index is 0.000000427. The number of hydrogen-bond donors (Lipinski definition) is 4. The van der Waals surface area contributed by atoms with Crippen molar-refractivity contribution in [1.82, 2.24) is 24.6 Å². The van der Waals surface area contributed by atoms with Gasteiger partial charge in [0.05, 0.1) is 12.5 Å². The molecule has 32 heavy (non-hydrogen) atoms. The second-order valence-electron chi connectivity index (χ2n) is 7.43. The summed E-state index contributed by atoms with van der Waals surface area (Å²) in [5, 5.41) is 23.8. The molecule has 0 aliphatic carbocycles. The van der Waals surface area contributed by atoms with Crippen molar-refractivity contribution in [2.45, 2.75) is 39.2 Å². The molecule has 5 N–H and O–H groups in total. The Hall–Kier alpha value is -3.50. The molecule has 4 aromatic heterocycles. The Labute approximate surface area is 186 Å². The predicted octanol–water partition coefficient (Wildman–Crippen LogP) is 2.85. The van der Waals surface area contributed by atoms with Gasteiger partial charge in [-0.15, -0.1) is 0 Å². The van der Waals surface area contributed by atoms with Crippen LogP contribution in [-0.2, 0) is 6.54 Å². The van der Waals surface area contributed by atoms with Crippen LogP contribution in [0, 0.1) is 0 Å². The fourth-order valence-electron chi connectivity index (χ4n) is 2.94. The maximum absolute atomic E-state index is 8.09. The number of nitrogens with zero attached hydrogens (tertiary/aromatic N) is 5. The van der Waals surface area contributed by atoms with Crippen molar-refractivity contribution in [1.29, 1.82) is 0 Å². The molecule has 170 valence electrons. The minimum absolute atomic E-state index is 0.195. The number of hydrogen-bond acceptors (Lipinski definition) is 9. The van der Waals surface area contributed by atoms with Gasteiger partial charge in [0, 0.05) is 31.5 Å². The lowest BCUT2D eigenvalue weighted by molar-refractivity contribution is 0.242. The number of rotatable bonds is 8. The van der Waals surface area contributed by atoms with Crippen molar-refractivity contribution in [3.63, 3.8) is 0 Å². The number of anilines is 2. The minimum Gasteiger partial charge on any atom is -0.463 e. The minimum atomic E-state index is 0.195. The molecule has 0 spiro atoms. The van der Waals surface area contributed by atoms with Crippen LogP contribution < -0.4 is 11.1 Å². The SMILES string of the molecule is CC(C)c1cnn2c(NCc3ccc(-c4ccco4)nc3)nc(N)nc12.OCCCCO. The van der Waals surface area contributed by atoms with E-state index in [0.717, 1.165) is 41.1 Å². The molecule has 0 atom stereocenters. The summed E-state index contributed by atoms with van der Waals surface area (Å²) < 4.78 is 7.03. The fraction of sp³-hybridized carbons (Fsp3) is 0.364. The number of nitrogen functional groups attached to an aromatic ring is 1. The summed E-state index contributed by atoms with van der Waals surface area (Å²) in [6.45, 7) is 5.11. The van der Waals surface area contributed by atoms with E-state index in [1.807, 2.05) is 24.3 Å². The van der Waals surface area contributed by atoms with Crippen LogP contribution in [0.15, 0.2) is 47.3 Å². The van der Waals surface area contributed by atoms with Crippen molar-refractivity contribution in [2.24, 2.45) is 0 Å². The van der Waals surface area contributed by atoms with E-state index >= 15 is 0 Å². The normalized spacial score (nSPS) is 10.9. The van der Waals surface area contributed by atoms with Gasteiger partial charge in [-0.3, -0.25) is 4.98 Å². The second-order valence-corrected chi connectivity index (χ2v) is 7.43. The van der Waals surface area contributed by atoms with Crippen LogP contribution in [-0.4, -0.2) is 48.0 Å². The largest absolute Gasteiger partial charge is 0.463 e. The average molecular weight is 440 g/mol. The molecule has 0 aliphatic heterocycles. The van der Waals surface area contributed by atoms with Crippen LogP contribution in [0.3, 0.4) is 0 Å². The molecule has 0 amide bonds. The van der Waals surface area contributed by atoms with Crippen molar-refractivity contribution in [2.75, 3.05) is 24.3 Å². The fourth-order valence-corrected chi connectivity index (χ4v) is 2.94. The molecule has 0 saturated heterocycles. The lowest BCUT2D eigenvalue weighted by Gasteiger charge is -2.09. The highest BCUT2D eigenvalue weighted by Gasteiger charge is 2.14. The molecular weight excluding hydrogens is 410 g/mol. The van der Waals surface area contributed by atoms with Crippen LogP contribution in [0.4, 0.5) is 11.9 Å². The number of aromatic nitrogens is 5. The van der Waals surface area contributed by atoms with Gasteiger partial charge < -0.3 is 25.7 Å². The summed E-state index contributed by atoms with van der Waals surface area (Å²) in [5.41, 5.74) is 9.42. The Morgan fingerprint density at radius 1 is 1.09 bits per heavy atom. The van der Waals surface area contributed by atoms with Crippen LogP contribution in [0.1, 0.15) is 43.7 Å². The quantitative estimate of drug-likeness (QED) is 0.304. The van der Waals surface area contributed by atoms with E-state index in [1.165, 1.54) is 0 Å². The summed E-state index contributed by atoms with van der Waals surface area (Å²) in [5.74, 6) is 1.81. The first kappa shape index (κ1) is 23.2. The number of unbranched alkanes of at least 4 members (excludes halogenated alkanes) is 1. The molecular formula is C22H29N7O3. The third kappa shape index (κ3) is 5.80. The molecule has 0 radical (unpaired) electrons. The van der Waals surface area contributed by atoms with Gasteiger partial charge in [-0.2, -0.15) is 19.6 Å². The smallest absolute Gasteiger partial charge is 0.229 e. The van der Waals surface area contributed by atoms with Gasteiger partial charge in [-0.05, 0) is 42.5 Å². The van der Waals surface area contributed by atoms with Crippen molar-refractivity contribution in [3.8, 4) is 11.5 Å². The van der Waals surface area contributed by atoms with E-state index in [9.17, 15) is 0 Å². The van der Waals surface area contributed by atoms with Gasteiger partial charge in [0.15, 0.2) is 11.4 Å². The lowest BCUT2D eigenvalue weighted by atomic mass is 10.1. The zero-order chi connectivity index (χ0) is 22.9. The summed E-state index contributed by atoms with van der Waals surface area (Å²) in [4.78, 5) is 13.0. The first-order valence-electron chi connectivity index (χ1n) is 10.5. The van der Waals surface area contributed by atoms with E-state index in [-0.39, 0.29) is 19.2 Å². The maximum Gasteiger partial charge on any atom is 0.229 e. The third-order valence-corrected chi connectivity index (χ3v) is 4.65. The third-order valence-electron chi connectivity index (χ3n) is 4.65. The molecule has 0 aliphatic rings. The van der Waals surface area contributed by atoms with Crippen molar-refractivity contribution < 1.29 is 14.6 Å². The van der Waals surface area contributed by atoms with E-state index in [0.29, 0.717) is 18.4 Å². The molecule has 0 unspecified atom stereocenters. The van der Waals surface area contributed by atoms with Crippen LogP contribution in [0.25, 0.3) is 17.1 Å². The number of nitrogens with two attached hydrogens (primary N) is 1. The maximum atomic E-state index is 8.09. The van der Waals surface area contributed by atoms with Crippen LogP contribution in [0.5, 0.6) is 0 Å². The van der Waals surface area contributed by atoms with Crippen LogP contribution in [0.2, 0.25) is 0 Å². The van der Waals surface area contributed by atoms with Gasteiger partial charge in [-0.1, -0.05) is 19.9 Å². The highest BCUT2D eigenvalue weighted by Crippen LogP contribution is 2.22. The van der Waals surface area contributed by atoms with Gasteiger partial charge in [0.1, 0.15) is 5.69 Å². The van der Waals surface area contributed by atoms with E-state index < -0.39 is 0 Å². The molecule has 10 nitrogen and oxygen atoms in total. The lowest BCUT2D eigenvalue weighted by Crippen LogP contribution is -2.11. The predicted molar refractivity (Wildman–Crippen MR) is 122 cm³/mol. The summed E-state index contributed by atoms with van der Waals surface area (Å²) in [6.07, 6.45) is 6.67. The van der Waals surface area contributed by atoms with E-state index in [4.69, 9.17) is 20.4 Å². The van der Waals surface area contributed by atoms with Crippen molar-refractivity contribution in [3.05, 3.63) is 54.0 Å². The topological polar surface area (TPSA) is 148 Å². The monoisotopic (exact) mass is 439 g/mol. The highest BCUT2D eigenvalue weighted by molar-refractivity contribution is 5.55. The molecule has 0 fully saturated rings. The molecule has 4 rings (SSSR count). The number of pyridine rings is 1. The number of fused-ring (bicyclic) bond motifs is 1. The summed E-state index contributed by atoms with van der Waals surface area (Å²) in [6, 6.07) is 7.63. The first-order valence-corrected chi connectivity index (χ1v) is 10.5. The second kappa shape index (κ2) is 11.2. The standard InChI is InChI=1S/C18H19N7O.C4H10O2/c1-11(2)13-10-22-25-16(13)23-17(19)24-18(25)21-9-12-5-6-14(20-8-12)15-4-3-7-26-15;5-3-1-2-4-6/h3-8,10-11H,9H2,1-2H3,(H3,19,21,23,24);5-6H,1-4H2. The number of nitrogens with one attached hydrogen (secondary N) is 1. The van der Waals surface area contributed by atoms with Crippen molar-refractivity contribution >= 4 is 17.5 Å². The Morgan fingerprint density at radius 3 is 2.47 bits per heavy atom. The molecule has 4 aromatic rings. The Bertz CT molecular complexity index is 1090. The van der Waals surface area contributed by atoms with Gasteiger partial charge in [0.2, 0.25) is 11.9 Å². The first-order chi connectivity index (χ1) is 15.5. The summed E-state index contributed by atoms with van der Waals surface area (Å²) >= 11 is 0. The molecule has 0 aromatic carbocycles. The average Bonchev–Trinajstić information content (AvgIpc) is 3.47. The summed E-state index contributed by atoms with van der Waals surface area (Å²) in [7, 11) is 0. The highest BCUT2D eigenvalue weighted by atomic mass is 16.3. The molecule has 10 heteroatoms. The number of aliphatic hydroxyl groups excluding tert-OH is 2. The molecule has 0 bridgehead atoms. The van der Waals surface area contributed by atoms with Crippen LogP contribution >= 0.6 is 0 Å². The Kier molecular flexibility index (Phi) is 8.12. The zero-order valence-electron chi connectivity index (χ0n) is 18.3. The molecule has 0 saturated carbocycles. The number of aliphatic hydroxyl groups is 2.